The van der Waals surface area contributed by atoms with Crippen LogP contribution in [0.15, 0.2) is 24.4 Å². The summed E-state index contributed by atoms with van der Waals surface area (Å²) in [5, 5.41) is 8.48. The SMILES string of the molecule is C=C(NOCC=CC1CCCCC1)C(=O)O. The molecule has 0 bridgehead atoms. The number of nitrogens with one attached hydrogen (secondary N) is 1. The van der Waals surface area contributed by atoms with E-state index in [0.717, 1.165) is 0 Å². The van der Waals surface area contributed by atoms with Gasteiger partial charge in [0.05, 0.1) is 6.61 Å². The summed E-state index contributed by atoms with van der Waals surface area (Å²) in [4.78, 5) is 15.3. The first-order chi connectivity index (χ1) is 7.70. The molecule has 4 heteroatoms. The van der Waals surface area contributed by atoms with Crippen LogP contribution in [-0.4, -0.2) is 17.7 Å². The van der Waals surface area contributed by atoms with Crippen LogP contribution in [0.1, 0.15) is 32.1 Å². The van der Waals surface area contributed by atoms with E-state index in [2.05, 4.69) is 18.1 Å². The van der Waals surface area contributed by atoms with Gasteiger partial charge in [-0.2, -0.15) is 0 Å². The van der Waals surface area contributed by atoms with Crippen LogP contribution in [0.4, 0.5) is 0 Å². The second kappa shape index (κ2) is 7.06. The van der Waals surface area contributed by atoms with Crippen molar-refractivity contribution in [3.8, 4) is 0 Å². The molecule has 4 nitrogen and oxygen atoms in total. The van der Waals surface area contributed by atoms with Gasteiger partial charge in [-0.3, -0.25) is 10.3 Å². The Kier molecular flexibility index (Phi) is 5.64. The fourth-order valence-corrected chi connectivity index (χ4v) is 1.80. The average Bonchev–Trinajstić information content (AvgIpc) is 2.29. The third-order valence-corrected chi connectivity index (χ3v) is 2.69. The Hall–Kier alpha value is -1.29. The fraction of sp³-hybridized carbons (Fsp3) is 0.583. The van der Waals surface area contributed by atoms with Crippen molar-refractivity contribution in [1.29, 1.82) is 0 Å². The zero-order valence-corrected chi connectivity index (χ0v) is 9.45. The standard InChI is InChI=1S/C12H19NO3/c1-10(12(14)15)13-16-9-5-8-11-6-3-2-4-7-11/h5,8,11,13H,1-4,6-7,9H2,(H,14,15). The molecule has 0 spiro atoms. The number of carbonyl (C=O) groups is 1. The summed E-state index contributed by atoms with van der Waals surface area (Å²) >= 11 is 0. The van der Waals surface area contributed by atoms with E-state index in [-0.39, 0.29) is 5.70 Å². The summed E-state index contributed by atoms with van der Waals surface area (Å²) in [5.41, 5.74) is 2.13. The van der Waals surface area contributed by atoms with Crippen LogP contribution in [0.2, 0.25) is 0 Å². The van der Waals surface area contributed by atoms with E-state index in [0.29, 0.717) is 12.5 Å². The van der Waals surface area contributed by atoms with Gasteiger partial charge in [0.2, 0.25) is 0 Å². The molecule has 1 fully saturated rings. The highest BCUT2D eigenvalue weighted by Crippen LogP contribution is 2.24. The van der Waals surface area contributed by atoms with Gasteiger partial charge in [0, 0.05) is 0 Å². The molecule has 0 amide bonds. The normalized spacial score (nSPS) is 17.5. The van der Waals surface area contributed by atoms with Crippen LogP contribution in [0, 0.1) is 5.92 Å². The van der Waals surface area contributed by atoms with E-state index in [9.17, 15) is 4.79 Å². The summed E-state index contributed by atoms with van der Waals surface area (Å²) in [6.07, 6.45) is 10.6. The van der Waals surface area contributed by atoms with Crippen molar-refractivity contribution in [2.24, 2.45) is 5.92 Å². The maximum Gasteiger partial charge on any atom is 0.353 e. The smallest absolute Gasteiger partial charge is 0.353 e. The highest BCUT2D eigenvalue weighted by molar-refractivity contribution is 5.84. The molecule has 16 heavy (non-hydrogen) atoms. The van der Waals surface area contributed by atoms with Crippen LogP contribution in [0.25, 0.3) is 0 Å². The van der Waals surface area contributed by atoms with Crippen molar-refractivity contribution >= 4 is 5.97 Å². The lowest BCUT2D eigenvalue weighted by molar-refractivity contribution is -0.134. The second-order valence-corrected chi connectivity index (χ2v) is 4.02. The number of allylic oxidation sites excluding steroid dienone is 1. The topological polar surface area (TPSA) is 58.6 Å². The third kappa shape index (κ3) is 4.98. The first-order valence-electron chi connectivity index (χ1n) is 5.67. The van der Waals surface area contributed by atoms with Crippen molar-refractivity contribution in [3.63, 3.8) is 0 Å². The van der Waals surface area contributed by atoms with Gasteiger partial charge in [0.25, 0.3) is 0 Å². The summed E-state index contributed by atoms with van der Waals surface area (Å²) in [5.74, 6) is -0.434. The summed E-state index contributed by atoms with van der Waals surface area (Å²) in [7, 11) is 0. The van der Waals surface area contributed by atoms with Gasteiger partial charge in [0.1, 0.15) is 5.70 Å². The van der Waals surface area contributed by atoms with Gasteiger partial charge in [0.15, 0.2) is 0 Å². The largest absolute Gasteiger partial charge is 0.477 e. The van der Waals surface area contributed by atoms with Gasteiger partial charge in [-0.05, 0) is 18.8 Å². The van der Waals surface area contributed by atoms with E-state index < -0.39 is 5.97 Å². The highest BCUT2D eigenvalue weighted by atomic mass is 16.6. The minimum absolute atomic E-state index is 0.147. The first-order valence-corrected chi connectivity index (χ1v) is 5.67. The maximum atomic E-state index is 10.4. The summed E-state index contributed by atoms with van der Waals surface area (Å²) in [6, 6.07) is 0. The molecule has 1 rings (SSSR count). The monoisotopic (exact) mass is 225 g/mol. The molecule has 0 atom stereocenters. The zero-order chi connectivity index (χ0) is 11.8. The lowest BCUT2D eigenvalue weighted by Crippen LogP contribution is -2.19. The molecule has 1 aliphatic rings. The number of hydroxylamine groups is 1. The Morgan fingerprint density at radius 3 is 2.75 bits per heavy atom. The van der Waals surface area contributed by atoms with Crippen LogP contribution >= 0.6 is 0 Å². The van der Waals surface area contributed by atoms with Gasteiger partial charge in [-0.15, -0.1) is 0 Å². The number of hydrogen-bond donors (Lipinski definition) is 2. The number of rotatable bonds is 6. The minimum atomic E-state index is -1.10. The predicted octanol–water partition coefficient (Wildman–Crippen LogP) is 2.24. The van der Waals surface area contributed by atoms with Crippen molar-refractivity contribution in [2.45, 2.75) is 32.1 Å². The number of hydrogen-bond acceptors (Lipinski definition) is 3. The molecule has 0 aliphatic heterocycles. The molecule has 0 unspecified atom stereocenters. The van der Waals surface area contributed by atoms with Crippen LogP contribution < -0.4 is 5.48 Å². The van der Waals surface area contributed by atoms with Crippen molar-refractivity contribution < 1.29 is 14.7 Å². The zero-order valence-electron chi connectivity index (χ0n) is 9.45. The highest BCUT2D eigenvalue weighted by Gasteiger charge is 2.09. The molecule has 1 saturated carbocycles. The molecular weight excluding hydrogens is 206 g/mol. The molecule has 0 aromatic heterocycles. The fourth-order valence-electron chi connectivity index (χ4n) is 1.80. The van der Waals surface area contributed by atoms with Crippen molar-refractivity contribution in [3.05, 3.63) is 24.4 Å². The molecule has 0 aromatic rings. The summed E-state index contributed by atoms with van der Waals surface area (Å²) < 4.78 is 0. The molecule has 2 N–H and O–H groups in total. The molecule has 0 radical (unpaired) electrons. The Morgan fingerprint density at radius 1 is 1.44 bits per heavy atom. The van der Waals surface area contributed by atoms with Crippen LogP contribution in [0.5, 0.6) is 0 Å². The Bertz CT molecular complexity index is 267. The maximum absolute atomic E-state index is 10.4. The minimum Gasteiger partial charge on any atom is -0.477 e. The molecule has 0 aromatic carbocycles. The molecule has 0 heterocycles. The Balaban J connectivity index is 2.07. The lowest BCUT2D eigenvalue weighted by atomic mass is 9.89. The van der Waals surface area contributed by atoms with Crippen LogP contribution in [0.3, 0.4) is 0 Å². The number of aliphatic carboxylic acids is 1. The third-order valence-electron chi connectivity index (χ3n) is 2.69. The quantitative estimate of drug-likeness (QED) is 0.315. The van der Waals surface area contributed by atoms with E-state index in [4.69, 9.17) is 9.94 Å². The average molecular weight is 225 g/mol. The van der Waals surface area contributed by atoms with Gasteiger partial charge >= 0.3 is 5.97 Å². The lowest BCUT2D eigenvalue weighted by Gasteiger charge is -2.17. The number of carboxylic acids is 1. The molecule has 90 valence electrons. The van der Waals surface area contributed by atoms with E-state index in [1.807, 2.05) is 6.08 Å². The van der Waals surface area contributed by atoms with Gasteiger partial charge in [-0.25, -0.2) is 4.79 Å². The van der Waals surface area contributed by atoms with Crippen molar-refractivity contribution in [2.75, 3.05) is 6.61 Å². The Morgan fingerprint density at radius 2 is 2.12 bits per heavy atom. The molecule has 1 aliphatic carbocycles. The van der Waals surface area contributed by atoms with E-state index in [1.165, 1.54) is 32.1 Å². The summed E-state index contributed by atoms with van der Waals surface area (Å²) in [6.45, 7) is 3.65. The van der Waals surface area contributed by atoms with Crippen LogP contribution in [-0.2, 0) is 9.63 Å². The van der Waals surface area contributed by atoms with E-state index >= 15 is 0 Å². The van der Waals surface area contributed by atoms with Crippen molar-refractivity contribution in [1.82, 2.24) is 5.48 Å². The predicted molar refractivity (Wildman–Crippen MR) is 61.6 cm³/mol. The van der Waals surface area contributed by atoms with Gasteiger partial charge in [-0.1, -0.05) is 38.0 Å². The second-order valence-electron chi connectivity index (χ2n) is 4.02. The number of carboxylic acid groups (broad SMARTS) is 1. The molecular formula is C12H19NO3. The van der Waals surface area contributed by atoms with Gasteiger partial charge < -0.3 is 5.11 Å². The molecule has 0 saturated heterocycles. The van der Waals surface area contributed by atoms with E-state index in [1.54, 1.807) is 0 Å². The first kappa shape index (κ1) is 12.8. The Labute approximate surface area is 95.9 Å².